The monoisotopic (exact) mass is 356 g/mol. The number of aromatic nitrogens is 1. The molecule has 1 aromatic heterocycles. The fraction of sp³-hybridized carbons (Fsp3) is 0.167. The average Bonchev–Trinajstić information content (AvgIpc) is 2.74. The maximum absolute atomic E-state index is 12.8. The van der Waals surface area contributed by atoms with Crippen molar-refractivity contribution in [3.8, 4) is 11.3 Å². The highest BCUT2D eigenvalue weighted by molar-refractivity contribution is 6.10. The number of allylic oxidation sites excluding steroid dienone is 1. The van der Waals surface area contributed by atoms with Gasteiger partial charge in [0, 0.05) is 36.1 Å². The highest BCUT2D eigenvalue weighted by atomic mass is 16.1. The van der Waals surface area contributed by atoms with Crippen molar-refractivity contribution in [2.45, 2.75) is 13.8 Å². The number of rotatable bonds is 7. The summed E-state index contributed by atoms with van der Waals surface area (Å²) in [5.74, 6) is -0.0240. The molecule has 3 nitrogen and oxygen atoms in total. The van der Waals surface area contributed by atoms with E-state index >= 15 is 0 Å². The van der Waals surface area contributed by atoms with Crippen molar-refractivity contribution in [1.29, 1.82) is 0 Å². The SMILES string of the molecule is CCN(CC)c1ccc(/C=C/C(=O)c2ccccc2-c2ccccn2)cc1. The zero-order valence-corrected chi connectivity index (χ0v) is 15.8. The van der Waals surface area contributed by atoms with E-state index in [0.717, 1.165) is 29.9 Å². The second kappa shape index (κ2) is 8.95. The lowest BCUT2D eigenvalue weighted by atomic mass is 10.00. The van der Waals surface area contributed by atoms with Crippen LogP contribution in [-0.4, -0.2) is 23.9 Å². The summed E-state index contributed by atoms with van der Waals surface area (Å²) in [4.78, 5) is 19.4. The molecule has 0 radical (unpaired) electrons. The number of hydrogen-bond acceptors (Lipinski definition) is 3. The van der Waals surface area contributed by atoms with E-state index in [4.69, 9.17) is 0 Å². The minimum atomic E-state index is -0.0240. The fourth-order valence-electron chi connectivity index (χ4n) is 3.09. The van der Waals surface area contributed by atoms with Gasteiger partial charge >= 0.3 is 0 Å². The van der Waals surface area contributed by atoms with Crippen LogP contribution >= 0.6 is 0 Å². The van der Waals surface area contributed by atoms with Gasteiger partial charge in [-0.25, -0.2) is 0 Å². The predicted octanol–water partition coefficient (Wildman–Crippen LogP) is 5.49. The molecular formula is C24H24N2O. The Kier molecular flexibility index (Phi) is 6.16. The first-order valence-corrected chi connectivity index (χ1v) is 9.30. The molecule has 0 fully saturated rings. The van der Waals surface area contributed by atoms with Gasteiger partial charge in [0.25, 0.3) is 0 Å². The Morgan fingerprint density at radius 1 is 0.926 bits per heavy atom. The third-order valence-electron chi connectivity index (χ3n) is 4.58. The number of ketones is 1. The van der Waals surface area contributed by atoms with Crippen molar-refractivity contribution in [2.24, 2.45) is 0 Å². The Bertz CT molecular complexity index is 911. The molecule has 0 unspecified atom stereocenters. The van der Waals surface area contributed by atoms with Crippen LogP contribution in [0.15, 0.2) is 79.0 Å². The molecule has 0 spiro atoms. The summed E-state index contributed by atoms with van der Waals surface area (Å²) in [6.45, 7) is 6.26. The predicted molar refractivity (Wildman–Crippen MR) is 113 cm³/mol. The maximum Gasteiger partial charge on any atom is 0.186 e. The van der Waals surface area contributed by atoms with Crippen LogP contribution in [0.5, 0.6) is 0 Å². The smallest absolute Gasteiger partial charge is 0.186 e. The fourth-order valence-corrected chi connectivity index (χ4v) is 3.09. The molecule has 3 rings (SSSR count). The van der Waals surface area contributed by atoms with Crippen LogP contribution in [0, 0.1) is 0 Å². The molecule has 0 saturated heterocycles. The third kappa shape index (κ3) is 4.50. The molecule has 2 aromatic carbocycles. The Morgan fingerprint density at radius 2 is 1.63 bits per heavy atom. The summed E-state index contributed by atoms with van der Waals surface area (Å²) in [5, 5.41) is 0. The van der Waals surface area contributed by atoms with Gasteiger partial charge in [0.05, 0.1) is 5.69 Å². The number of carbonyl (C=O) groups excluding carboxylic acids is 1. The minimum absolute atomic E-state index is 0.0240. The molecule has 136 valence electrons. The zero-order valence-electron chi connectivity index (χ0n) is 15.8. The Hall–Kier alpha value is -3.20. The second-order valence-electron chi connectivity index (χ2n) is 6.22. The first-order valence-electron chi connectivity index (χ1n) is 9.30. The summed E-state index contributed by atoms with van der Waals surface area (Å²) in [6.07, 6.45) is 5.24. The Morgan fingerprint density at radius 3 is 2.30 bits per heavy atom. The zero-order chi connectivity index (χ0) is 19.1. The first kappa shape index (κ1) is 18.6. The average molecular weight is 356 g/mol. The van der Waals surface area contributed by atoms with E-state index in [2.05, 4.69) is 35.9 Å². The first-order chi connectivity index (χ1) is 13.2. The second-order valence-corrected chi connectivity index (χ2v) is 6.22. The van der Waals surface area contributed by atoms with Crippen molar-refractivity contribution >= 4 is 17.5 Å². The van der Waals surface area contributed by atoms with Gasteiger partial charge in [0.2, 0.25) is 0 Å². The van der Waals surface area contributed by atoms with Crippen LogP contribution in [0.3, 0.4) is 0 Å². The van der Waals surface area contributed by atoms with E-state index in [1.807, 2.05) is 60.7 Å². The van der Waals surface area contributed by atoms with Crippen molar-refractivity contribution in [3.63, 3.8) is 0 Å². The van der Waals surface area contributed by atoms with Gasteiger partial charge in [0.1, 0.15) is 0 Å². The van der Waals surface area contributed by atoms with E-state index in [0.29, 0.717) is 5.56 Å². The summed E-state index contributed by atoms with van der Waals surface area (Å²) in [5.41, 5.74) is 4.52. The number of benzene rings is 2. The van der Waals surface area contributed by atoms with E-state index in [-0.39, 0.29) is 5.78 Å². The largest absolute Gasteiger partial charge is 0.372 e. The lowest BCUT2D eigenvalue weighted by Crippen LogP contribution is -2.21. The quantitative estimate of drug-likeness (QED) is 0.414. The van der Waals surface area contributed by atoms with Gasteiger partial charge < -0.3 is 4.90 Å². The summed E-state index contributed by atoms with van der Waals surface area (Å²) in [6, 6.07) is 21.6. The Labute approximate surface area is 161 Å². The topological polar surface area (TPSA) is 33.2 Å². The van der Waals surface area contributed by atoms with Crippen LogP contribution in [0.1, 0.15) is 29.8 Å². The van der Waals surface area contributed by atoms with Crippen LogP contribution in [0.2, 0.25) is 0 Å². The normalized spacial score (nSPS) is 10.9. The van der Waals surface area contributed by atoms with Gasteiger partial charge in [-0.2, -0.15) is 0 Å². The van der Waals surface area contributed by atoms with Crippen molar-refractivity contribution in [1.82, 2.24) is 4.98 Å². The highest BCUT2D eigenvalue weighted by Gasteiger charge is 2.10. The van der Waals surface area contributed by atoms with Gasteiger partial charge in [-0.1, -0.05) is 48.5 Å². The Balaban J connectivity index is 1.80. The molecule has 3 aromatic rings. The van der Waals surface area contributed by atoms with Crippen LogP contribution in [0.4, 0.5) is 5.69 Å². The molecule has 0 amide bonds. The lowest BCUT2D eigenvalue weighted by Gasteiger charge is -2.20. The molecule has 0 aliphatic rings. The standard InChI is InChI=1S/C24H24N2O/c1-3-26(4-2)20-15-12-19(13-16-20)14-17-24(27)22-10-6-5-9-21(22)23-11-7-8-18-25-23/h5-18H,3-4H2,1-2H3/b17-14+. The number of hydrogen-bond donors (Lipinski definition) is 0. The molecular weight excluding hydrogens is 332 g/mol. The lowest BCUT2D eigenvalue weighted by molar-refractivity contribution is 0.104. The molecule has 0 bridgehead atoms. The van der Waals surface area contributed by atoms with Crippen molar-refractivity contribution in [2.75, 3.05) is 18.0 Å². The summed E-state index contributed by atoms with van der Waals surface area (Å²) < 4.78 is 0. The van der Waals surface area contributed by atoms with Gasteiger partial charge in [-0.3, -0.25) is 9.78 Å². The van der Waals surface area contributed by atoms with Gasteiger partial charge in [-0.05, 0) is 49.8 Å². The van der Waals surface area contributed by atoms with E-state index < -0.39 is 0 Å². The van der Waals surface area contributed by atoms with Crippen LogP contribution in [-0.2, 0) is 0 Å². The molecule has 27 heavy (non-hydrogen) atoms. The van der Waals surface area contributed by atoms with E-state index in [1.165, 1.54) is 5.69 Å². The van der Waals surface area contributed by atoms with E-state index in [9.17, 15) is 4.79 Å². The summed E-state index contributed by atoms with van der Waals surface area (Å²) in [7, 11) is 0. The molecule has 0 saturated carbocycles. The molecule has 0 N–H and O–H groups in total. The minimum Gasteiger partial charge on any atom is -0.372 e. The number of anilines is 1. The molecule has 3 heteroatoms. The number of carbonyl (C=O) groups is 1. The van der Waals surface area contributed by atoms with Crippen molar-refractivity contribution < 1.29 is 4.79 Å². The summed E-state index contributed by atoms with van der Waals surface area (Å²) >= 11 is 0. The number of nitrogens with zero attached hydrogens (tertiary/aromatic N) is 2. The third-order valence-corrected chi connectivity index (χ3v) is 4.58. The molecule has 0 atom stereocenters. The maximum atomic E-state index is 12.8. The molecule has 0 aliphatic carbocycles. The van der Waals surface area contributed by atoms with Crippen LogP contribution in [0.25, 0.3) is 17.3 Å². The van der Waals surface area contributed by atoms with Gasteiger partial charge in [-0.15, -0.1) is 0 Å². The van der Waals surface area contributed by atoms with Gasteiger partial charge in [0.15, 0.2) is 5.78 Å². The molecule has 0 aliphatic heterocycles. The van der Waals surface area contributed by atoms with Crippen molar-refractivity contribution in [3.05, 3.63) is 90.1 Å². The van der Waals surface area contributed by atoms with Crippen LogP contribution < -0.4 is 4.90 Å². The highest BCUT2D eigenvalue weighted by Crippen LogP contribution is 2.22. The van der Waals surface area contributed by atoms with E-state index in [1.54, 1.807) is 12.3 Å². The molecule has 1 heterocycles. The number of pyridine rings is 1.